The highest BCUT2D eigenvalue weighted by Gasteiger charge is 2.67. The van der Waals surface area contributed by atoms with Crippen molar-refractivity contribution in [2.24, 2.45) is 16.7 Å². The summed E-state index contributed by atoms with van der Waals surface area (Å²) in [5.41, 5.74) is 0.328. The van der Waals surface area contributed by atoms with E-state index in [1.807, 2.05) is 0 Å². The van der Waals surface area contributed by atoms with Gasteiger partial charge in [-0.05, 0) is 35.9 Å². The quantitative estimate of drug-likeness (QED) is 0.861. The lowest BCUT2D eigenvalue weighted by molar-refractivity contribution is 0.402. The van der Waals surface area contributed by atoms with Crippen molar-refractivity contribution < 1.29 is 8.78 Å². The molecule has 0 saturated heterocycles. The number of halogens is 2. The summed E-state index contributed by atoms with van der Waals surface area (Å²) >= 11 is 0. The molecule has 1 aromatic rings. The Morgan fingerprint density at radius 1 is 1.06 bits per heavy atom. The minimum atomic E-state index is -0.465. The third-order valence-electron chi connectivity index (χ3n) is 5.09. The first-order valence-electron chi connectivity index (χ1n) is 6.36. The molecule has 0 heterocycles. The van der Waals surface area contributed by atoms with Gasteiger partial charge in [-0.1, -0.05) is 33.8 Å². The summed E-state index contributed by atoms with van der Waals surface area (Å²) < 4.78 is 27.8. The fourth-order valence-electron chi connectivity index (χ4n) is 3.37. The molecule has 18 heavy (non-hydrogen) atoms. The van der Waals surface area contributed by atoms with Crippen LogP contribution in [0.15, 0.2) is 18.2 Å². The van der Waals surface area contributed by atoms with Gasteiger partial charge in [-0.15, -0.1) is 0 Å². The molecular weight excluding hydrogens is 232 g/mol. The van der Waals surface area contributed by atoms with Crippen LogP contribution < -0.4 is 5.32 Å². The van der Waals surface area contributed by atoms with Crippen molar-refractivity contribution in [1.82, 2.24) is 5.32 Å². The van der Waals surface area contributed by atoms with Gasteiger partial charge >= 0.3 is 0 Å². The molecule has 1 aliphatic rings. The first kappa shape index (κ1) is 13.5. The molecule has 0 aliphatic heterocycles. The topological polar surface area (TPSA) is 12.0 Å². The Bertz CT molecular complexity index is 431. The summed E-state index contributed by atoms with van der Waals surface area (Å²) in [6.45, 7) is 8.61. The Morgan fingerprint density at radius 3 is 1.83 bits per heavy atom. The minimum Gasteiger partial charge on any atom is -0.313 e. The number of hydrogen-bond donors (Lipinski definition) is 1. The van der Waals surface area contributed by atoms with E-state index in [1.165, 1.54) is 18.2 Å². The lowest BCUT2D eigenvalue weighted by Crippen LogP contribution is -2.23. The Labute approximate surface area is 108 Å². The van der Waals surface area contributed by atoms with Crippen molar-refractivity contribution in [2.75, 3.05) is 7.05 Å². The van der Waals surface area contributed by atoms with Gasteiger partial charge in [-0.2, -0.15) is 0 Å². The maximum atomic E-state index is 13.9. The highest BCUT2D eigenvalue weighted by molar-refractivity contribution is 5.29. The van der Waals surface area contributed by atoms with Gasteiger partial charge < -0.3 is 5.32 Å². The first-order valence-corrected chi connectivity index (χ1v) is 6.36. The molecule has 1 unspecified atom stereocenters. The van der Waals surface area contributed by atoms with Crippen LogP contribution in [0, 0.1) is 28.4 Å². The molecular formula is C15H21F2N. The summed E-state index contributed by atoms with van der Waals surface area (Å²) in [6, 6.07) is 3.77. The lowest BCUT2D eigenvalue weighted by Gasteiger charge is -2.20. The van der Waals surface area contributed by atoms with Crippen LogP contribution in [0.3, 0.4) is 0 Å². The molecule has 1 fully saturated rings. The Hall–Kier alpha value is -0.960. The lowest BCUT2D eigenvalue weighted by atomic mass is 9.95. The monoisotopic (exact) mass is 253 g/mol. The number of benzene rings is 1. The van der Waals surface area contributed by atoms with Crippen molar-refractivity contribution in [2.45, 2.75) is 33.7 Å². The Balaban J connectivity index is 2.43. The molecule has 0 spiro atoms. The fraction of sp³-hybridized carbons (Fsp3) is 0.600. The van der Waals surface area contributed by atoms with E-state index in [-0.39, 0.29) is 28.4 Å². The first-order chi connectivity index (χ1) is 8.25. The molecule has 100 valence electrons. The van der Waals surface area contributed by atoms with Crippen molar-refractivity contribution in [3.05, 3.63) is 35.4 Å². The second-order valence-corrected chi connectivity index (χ2v) is 6.32. The van der Waals surface area contributed by atoms with Gasteiger partial charge in [0, 0.05) is 11.6 Å². The zero-order chi connectivity index (χ0) is 13.7. The fourth-order valence-corrected chi connectivity index (χ4v) is 3.37. The third-order valence-corrected chi connectivity index (χ3v) is 5.09. The second kappa shape index (κ2) is 4.02. The highest BCUT2D eigenvalue weighted by atomic mass is 19.1. The smallest absolute Gasteiger partial charge is 0.130 e. The van der Waals surface area contributed by atoms with E-state index in [0.29, 0.717) is 0 Å². The summed E-state index contributed by atoms with van der Waals surface area (Å²) in [4.78, 5) is 0. The standard InChI is InChI=1S/C15H21F2N/c1-14(2)13(15(14,3)4)12(18-5)11-9(16)7-6-8-10(11)17/h6-8,12-13,18H,1-5H3. The largest absolute Gasteiger partial charge is 0.313 e. The van der Waals surface area contributed by atoms with Crippen molar-refractivity contribution >= 4 is 0 Å². The molecule has 0 aromatic heterocycles. The number of rotatable bonds is 3. The highest BCUT2D eigenvalue weighted by Crippen LogP contribution is 2.72. The summed E-state index contributed by atoms with van der Waals surface area (Å²) in [6.07, 6.45) is 0. The van der Waals surface area contributed by atoms with E-state index >= 15 is 0 Å². The molecule has 0 amide bonds. The molecule has 1 N–H and O–H groups in total. The molecule has 2 rings (SSSR count). The van der Waals surface area contributed by atoms with Crippen LogP contribution in [0.5, 0.6) is 0 Å². The van der Waals surface area contributed by atoms with Gasteiger partial charge in [0.15, 0.2) is 0 Å². The van der Waals surface area contributed by atoms with Gasteiger partial charge in [-0.25, -0.2) is 8.78 Å². The van der Waals surface area contributed by atoms with Crippen LogP contribution in [0.25, 0.3) is 0 Å². The maximum Gasteiger partial charge on any atom is 0.130 e. The van der Waals surface area contributed by atoms with Gasteiger partial charge in [0.05, 0.1) is 0 Å². The zero-order valence-corrected chi connectivity index (χ0v) is 11.6. The summed E-state index contributed by atoms with van der Waals surface area (Å²) in [5, 5.41) is 3.09. The Morgan fingerprint density at radius 2 is 1.50 bits per heavy atom. The van der Waals surface area contributed by atoms with E-state index in [1.54, 1.807) is 7.05 Å². The molecule has 1 atom stereocenters. The van der Waals surface area contributed by atoms with Crippen molar-refractivity contribution in [3.8, 4) is 0 Å². The van der Waals surface area contributed by atoms with Crippen molar-refractivity contribution in [1.29, 1.82) is 0 Å². The normalized spacial score (nSPS) is 22.8. The molecule has 1 nitrogen and oxygen atoms in total. The predicted octanol–water partition coefficient (Wildman–Crippen LogP) is 3.91. The second-order valence-electron chi connectivity index (χ2n) is 6.32. The van der Waals surface area contributed by atoms with Crippen LogP contribution in [0.4, 0.5) is 8.78 Å². The number of hydrogen-bond acceptors (Lipinski definition) is 1. The van der Waals surface area contributed by atoms with Crippen LogP contribution in [0.1, 0.15) is 39.3 Å². The van der Waals surface area contributed by atoms with E-state index < -0.39 is 11.6 Å². The number of nitrogens with one attached hydrogen (secondary N) is 1. The summed E-state index contributed by atoms with van der Waals surface area (Å²) in [7, 11) is 1.76. The van der Waals surface area contributed by atoms with E-state index in [2.05, 4.69) is 33.0 Å². The molecule has 3 heteroatoms. The molecule has 0 bridgehead atoms. The van der Waals surface area contributed by atoms with E-state index in [0.717, 1.165) is 0 Å². The minimum absolute atomic E-state index is 0.0788. The van der Waals surface area contributed by atoms with Crippen LogP contribution >= 0.6 is 0 Å². The molecule has 1 aliphatic carbocycles. The van der Waals surface area contributed by atoms with Crippen molar-refractivity contribution in [3.63, 3.8) is 0 Å². The van der Waals surface area contributed by atoms with E-state index in [4.69, 9.17) is 0 Å². The molecule has 0 radical (unpaired) electrons. The van der Waals surface area contributed by atoms with Gasteiger partial charge in [0.2, 0.25) is 0 Å². The molecule has 1 saturated carbocycles. The predicted molar refractivity (Wildman–Crippen MR) is 69.2 cm³/mol. The van der Waals surface area contributed by atoms with Gasteiger partial charge in [0.25, 0.3) is 0 Å². The SMILES string of the molecule is CNC(c1c(F)cccc1F)C1C(C)(C)C1(C)C. The third kappa shape index (κ3) is 1.68. The zero-order valence-electron chi connectivity index (χ0n) is 11.6. The average molecular weight is 253 g/mol. The molecule has 1 aromatic carbocycles. The van der Waals surface area contributed by atoms with Crippen LogP contribution in [-0.4, -0.2) is 7.05 Å². The Kier molecular flexibility index (Phi) is 3.01. The maximum absolute atomic E-state index is 13.9. The van der Waals surface area contributed by atoms with E-state index in [9.17, 15) is 8.78 Å². The van der Waals surface area contributed by atoms with Crippen LogP contribution in [0.2, 0.25) is 0 Å². The summed E-state index contributed by atoms with van der Waals surface area (Å²) in [5.74, 6) is -0.706. The van der Waals surface area contributed by atoms with Crippen LogP contribution in [-0.2, 0) is 0 Å². The average Bonchev–Trinajstić information content (AvgIpc) is 2.65. The van der Waals surface area contributed by atoms with Gasteiger partial charge in [0.1, 0.15) is 11.6 Å². The van der Waals surface area contributed by atoms with Gasteiger partial charge in [-0.3, -0.25) is 0 Å².